The molecular formula is C10H10FNO3. The molecule has 0 radical (unpaired) electrons. The SMILES string of the molecule is O=C(O)c1ccc(OCC2CC2)nc1F. The van der Waals surface area contributed by atoms with Gasteiger partial charge in [0, 0.05) is 6.07 Å². The van der Waals surface area contributed by atoms with Crippen LogP contribution in [-0.2, 0) is 0 Å². The highest BCUT2D eigenvalue weighted by molar-refractivity contribution is 5.87. The molecule has 5 heteroatoms. The highest BCUT2D eigenvalue weighted by atomic mass is 19.1. The fourth-order valence-corrected chi connectivity index (χ4v) is 1.15. The average molecular weight is 211 g/mol. The van der Waals surface area contributed by atoms with Gasteiger partial charge in [-0.15, -0.1) is 0 Å². The Morgan fingerprint density at radius 3 is 2.87 bits per heavy atom. The van der Waals surface area contributed by atoms with Gasteiger partial charge in [0.1, 0.15) is 5.56 Å². The molecule has 0 spiro atoms. The summed E-state index contributed by atoms with van der Waals surface area (Å²) in [6, 6.07) is 2.53. The third-order valence-corrected chi connectivity index (χ3v) is 2.22. The second-order valence-corrected chi connectivity index (χ2v) is 3.55. The highest BCUT2D eigenvalue weighted by Crippen LogP contribution is 2.29. The molecule has 1 aliphatic rings. The molecule has 1 fully saturated rings. The van der Waals surface area contributed by atoms with Crippen molar-refractivity contribution in [1.29, 1.82) is 0 Å². The normalized spacial score (nSPS) is 15.0. The zero-order valence-electron chi connectivity index (χ0n) is 7.94. The molecule has 0 atom stereocenters. The Balaban J connectivity index is 2.06. The van der Waals surface area contributed by atoms with Crippen molar-refractivity contribution in [3.05, 3.63) is 23.6 Å². The van der Waals surface area contributed by atoms with Crippen LogP contribution >= 0.6 is 0 Å². The van der Waals surface area contributed by atoms with Gasteiger partial charge in [-0.25, -0.2) is 4.79 Å². The molecule has 1 heterocycles. The number of rotatable bonds is 4. The maximum Gasteiger partial charge on any atom is 0.340 e. The van der Waals surface area contributed by atoms with Gasteiger partial charge in [-0.1, -0.05) is 0 Å². The summed E-state index contributed by atoms with van der Waals surface area (Å²) in [5, 5.41) is 8.56. The van der Waals surface area contributed by atoms with Crippen molar-refractivity contribution in [3.8, 4) is 5.88 Å². The van der Waals surface area contributed by atoms with E-state index < -0.39 is 17.5 Å². The first-order valence-electron chi connectivity index (χ1n) is 4.69. The van der Waals surface area contributed by atoms with Gasteiger partial charge >= 0.3 is 5.97 Å². The van der Waals surface area contributed by atoms with Crippen LogP contribution in [0.2, 0.25) is 0 Å². The summed E-state index contributed by atoms with van der Waals surface area (Å²) < 4.78 is 18.3. The molecule has 0 saturated heterocycles. The molecule has 80 valence electrons. The number of hydrogen-bond donors (Lipinski definition) is 1. The van der Waals surface area contributed by atoms with Gasteiger partial charge in [0.05, 0.1) is 6.61 Å². The van der Waals surface area contributed by atoms with E-state index in [2.05, 4.69) is 4.98 Å². The molecular weight excluding hydrogens is 201 g/mol. The minimum Gasteiger partial charge on any atom is -0.478 e. The van der Waals surface area contributed by atoms with Gasteiger partial charge in [-0.3, -0.25) is 0 Å². The fourth-order valence-electron chi connectivity index (χ4n) is 1.15. The number of aromatic nitrogens is 1. The number of aromatic carboxylic acids is 1. The standard InChI is InChI=1S/C10H10FNO3/c11-9-7(10(13)14)3-4-8(12-9)15-5-6-1-2-6/h3-4,6H,1-2,5H2,(H,13,14). The Labute approximate surface area is 85.7 Å². The van der Waals surface area contributed by atoms with Crippen LogP contribution in [0.15, 0.2) is 12.1 Å². The number of pyridine rings is 1. The first-order valence-corrected chi connectivity index (χ1v) is 4.69. The van der Waals surface area contributed by atoms with E-state index in [1.807, 2.05) is 0 Å². The zero-order chi connectivity index (χ0) is 10.8. The molecule has 1 saturated carbocycles. The van der Waals surface area contributed by atoms with E-state index in [1.54, 1.807) is 0 Å². The second kappa shape index (κ2) is 3.84. The molecule has 2 rings (SSSR count). The Bertz CT molecular complexity index is 390. The third-order valence-electron chi connectivity index (χ3n) is 2.22. The van der Waals surface area contributed by atoms with Crippen molar-refractivity contribution >= 4 is 5.97 Å². The topological polar surface area (TPSA) is 59.4 Å². The number of hydrogen-bond acceptors (Lipinski definition) is 3. The van der Waals surface area contributed by atoms with Gasteiger partial charge in [0.25, 0.3) is 0 Å². The average Bonchev–Trinajstić information content (AvgIpc) is 2.97. The van der Waals surface area contributed by atoms with Crippen molar-refractivity contribution in [2.75, 3.05) is 6.61 Å². The second-order valence-electron chi connectivity index (χ2n) is 3.55. The van der Waals surface area contributed by atoms with Crippen LogP contribution in [0.25, 0.3) is 0 Å². The highest BCUT2D eigenvalue weighted by Gasteiger charge is 2.22. The minimum atomic E-state index is -1.33. The molecule has 15 heavy (non-hydrogen) atoms. The van der Waals surface area contributed by atoms with E-state index in [0.717, 1.165) is 18.9 Å². The Kier molecular flexibility index (Phi) is 2.53. The molecule has 4 nitrogen and oxygen atoms in total. The molecule has 0 aliphatic heterocycles. The van der Waals surface area contributed by atoms with Gasteiger partial charge in [0.2, 0.25) is 11.8 Å². The van der Waals surface area contributed by atoms with Crippen LogP contribution in [0, 0.1) is 11.9 Å². The van der Waals surface area contributed by atoms with E-state index in [1.165, 1.54) is 6.07 Å². The number of carbonyl (C=O) groups is 1. The molecule has 0 bridgehead atoms. The summed E-state index contributed by atoms with van der Waals surface area (Å²) in [6.45, 7) is 0.527. The van der Waals surface area contributed by atoms with Crippen LogP contribution < -0.4 is 4.74 Å². The van der Waals surface area contributed by atoms with Gasteiger partial charge < -0.3 is 9.84 Å². The monoisotopic (exact) mass is 211 g/mol. The fraction of sp³-hybridized carbons (Fsp3) is 0.400. The molecule has 1 N–H and O–H groups in total. The third kappa shape index (κ3) is 2.43. The first-order chi connectivity index (χ1) is 7.16. The van der Waals surface area contributed by atoms with Gasteiger partial charge in [-0.2, -0.15) is 9.37 Å². The van der Waals surface area contributed by atoms with Crippen LogP contribution in [0.4, 0.5) is 4.39 Å². The van der Waals surface area contributed by atoms with Crippen LogP contribution in [0.3, 0.4) is 0 Å². The van der Waals surface area contributed by atoms with Crippen LogP contribution in [0.1, 0.15) is 23.2 Å². The number of ether oxygens (including phenoxy) is 1. The van der Waals surface area contributed by atoms with Gasteiger partial charge in [0.15, 0.2) is 0 Å². The zero-order valence-corrected chi connectivity index (χ0v) is 7.94. The molecule has 0 unspecified atom stereocenters. The lowest BCUT2D eigenvalue weighted by molar-refractivity contribution is 0.0690. The summed E-state index contributed by atoms with van der Waals surface area (Å²) in [5.74, 6) is -1.64. The number of halogens is 1. The van der Waals surface area contributed by atoms with E-state index >= 15 is 0 Å². The largest absolute Gasteiger partial charge is 0.478 e. The predicted octanol–water partition coefficient (Wildman–Crippen LogP) is 1.71. The Hall–Kier alpha value is -1.65. The lowest BCUT2D eigenvalue weighted by Crippen LogP contribution is -2.06. The Morgan fingerprint density at radius 2 is 2.33 bits per heavy atom. The Morgan fingerprint density at radius 1 is 1.60 bits per heavy atom. The van der Waals surface area contributed by atoms with Crippen LogP contribution in [-0.4, -0.2) is 22.7 Å². The summed E-state index contributed by atoms with van der Waals surface area (Å²) >= 11 is 0. The van der Waals surface area contributed by atoms with E-state index in [-0.39, 0.29) is 5.88 Å². The predicted molar refractivity (Wildman–Crippen MR) is 49.4 cm³/mol. The molecule has 1 aliphatic carbocycles. The molecule has 0 aromatic carbocycles. The maximum absolute atomic E-state index is 13.1. The van der Waals surface area contributed by atoms with Crippen molar-refractivity contribution < 1.29 is 19.0 Å². The minimum absolute atomic E-state index is 0.143. The summed E-state index contributed by atoms with van der Waals surface area (Å²) in [4.78, 5) is 13.9. The number of carboxylic acid groups (broad SMARTS) is 1. The van der Waals surface area contributed by atoms with Crippen molar-refractivity contribution in [2.45, 2.75) is 12.8 Å². The maximum atomic E-state index is 13.1. The smallest absolute Gasteiger partial charge is 0.340 e. The summed E-state index contributed by atoms with van der Waals surface area (Å²) in [5.41, 5.74) is -0.436. The number of carboxylic acids is 1. The van der Waals surface area contributed by atoms with E-state index in [4.69, 9.17) is 9.84 Å². The summed E-state index contributed by atoms with van der Waals surface area (Å²) in [7, 11) is 0. The van der Waals surface area contributed by atoms with Crippen LogP contribution in [0.5, 0.6) is 5.88 Å². The summed E-state index contributed by atoms with van der Waals surface area (Å²) in [6.07, 6.45) is 2.27. The van der Waals surface area contributed by atoms with Crippen molar-refractivity contribution in [3.63, 3.8) is 0 Å². The molecule has 1 aromatic rings. The first kappa shape index (κ1) is 9.89. The quantitative estimate of drug-likeness (QED) is 0.770. The van der Waals surface area contributed by atoms with Gasteiger partial charge in [-0.05, 0) is 24.8 Å². The van der Waals surface area contributed by atoms with Crippen molar-refractivity contribution in [1.82, 2.24) is 4.98 Å². The lowest BCUT2D eigenvalue weighted by atomic mass is 10.3. The van der Waals surface area contributed by atoms with E-state index in [0.29, 0.717) is 12.5 Å². The number of nitrogens with zero attached hydrogens (tertiary/aromatic N) is 1. The van der Waals surface area contributed by atoms with E-state index in [9.17, 15) is 9.18 Å². The molecule has 0 amide bonds. The lowest BCUT2D eigenvalue weighted by Gasteiger charge is -2.04. The molecule has 1 aromatic heterocycles. The van der Waals surface area contributed by atoms with Crippen molar-refractivity contribution in [2.24, 2.45) is 5.92 Å².